The molecule has 0 saturated heterocycles. The number of likely N-dealkylation sites (N-methyl/N-ethyl adjacent to an activating group) is 1. The van der Waals surface area contributed by atoms with Crippen molar-refractivity contribution in [1.82, 2.24) is 15.0 Å². The van der Waals surface area contributed by atoms with Gasteiger partial charge in [0, 0.05) is 44.3 Å². The standard InChI is InChI=1S/C21H25N5O/c1-16-14-20(26(2)13-10-17-8-11-22-12-9-17)25-21(24-16)23-15-18-4-6-19(27-3)7-5-18/h4-9,11-12,14H,10,13,15H2,1-3H3,(H,23,24,25). The summed E-state index contributed by atoms with van der Waals surface area (Å²) in [5.41, 5.74) is 3.35. The number of aromatic nitrogens is 3. The number of methoxy groups -OCH3 is 1. The molecule has 1 N–H and O–H groups in total. The Labute approximate surface area is 160 Å². The van der Waals surface area contributed by atoms with Crippen molar-refractivity contribution in [3.05, 3.63) is 71.7 Å². The predicted octanol–water partition coefficient (Wildman–Crippen LogP) is 3.48. The highest BCUT2D eigenvalue weighted by Gasteiger charge is 2.07. The number of rotatable bonds is 8. The second-order valence-electron chi connectivity index (χ2n) is 6.42. The van der Waals surface area contributed by atoms with Crippen LogP contribution in [0.1, 0.15) is 16.8 Å². The Kier molecular flexibility index (Phi) is 6.20. The summed E-state index contributed by atoms with van der Waals surface area (Å²) in [6.45, 7) is 3.52. The smallest absolute Gasteiger partial charge is 0.225 e. The highest BCUT2D eigenvalue weighted by molar-refractivity contribution is 5.44. The molecule has 0 aliphatic rings. The third-order valence-corrected chi connectivity index (χ3v) is 4.33. The van der Waals surface area contributed by atoms with E-state index < -0.39 is 0 Å². The molecule has 0 aliphatic carbocycles. The molecule has 2 heterocycles. The average molecular weight is 363 g/mol. The zero-order valence-corrected chi connectivity index (χ0v) is 16.0. The van der Waals surface area contributed by atoms with Crippen LogP contribution in [0.25, 0.3) is 0 Å². The van der Waals surface area contributed by atoms with Crippen LogP contribution in [0.4, 0.5) is 11.8 Å². The van der Waals surface area contributed by atoms with E-state index in [1.807, 2.05) is 61.8 Å². The first-order chi connectivity index (χ1) is 13.1. The van der Waals surface area contributed by atoms with Gasteiger partial charge in [0.05, 0.1) is 7.11 Å². The van der Waals surface area contributed by atoms with E-state index in [0.29, 0.717) is 12.5 Å². The van der Waals surface area contributed by atoms with Gasteiger partial charge in [-0.25, -0.2) is 4.98 Å². The molecule has 2 aromatic heterocycles. The molecular formula is C21H25N5O. The van der Waals surface area contributed by atoms with Crippen LogP contribution >= 0.6 is 0 Å². The van der Waals surface area contributed by atoms with Crippen molar-refractivity contribution in [3.63, 3.8) is 0 Å². The molecule has 0 bridgehead atoms. The fourth-order valence-corrected chi connectivity index (χ4v) is 2.71. The van der Waals surface area contributed by atoms with E-state index in [1.54, 1.807) is 7.11 Å². The maximum absolute atomic E-state index is 5.19. The van der Waals surface area contributed by atoms with Crippen LogP contribution in [0.3, 0.4) is 0 Å². The lowest BCUT2D eigenvalue weighted by Gasteiger charge is -2.19. The van der Waals surface area contributed by atoms with Gasteiger partial charge in [-0.2, -0.15) is 4.98 Å². The lowest BCUT2D eigenvalue weighted by Crippen LogP contribution is -2.22. The van der Waals surface area contributed by atoms with E-state index in [2.05, 4.69) is 32.2 Å². The molecule has 0 fully saturated rings. The topological polar surface area (TPSA) is 63.2 Å². The second kappa shape index (κ2) is 8.98. The summed E-state index contributed by atoms with van der Waals surface area (Å²) in [7, 11) is 3.72. The minimum absolute atomic E-state index is 0.636. The van der Waals surface area contributed by atoms with Gasteiger partial charge in [-0.05, 0) is 48.7 Å². The molecule has 0 spiro atoms. The summed E-state index contributed by atoms with van der Waals surface area (Å²) in [5, 5.41) is 3.31. The first-order valence-corrected chi connectivity index (χ1v) is 8.96. The molecule has 6 heteroatoms. The number of aryl methyl sites for hydroxylation is 1. The maximum atomic E-state index is 5.19. The lowest BCUT2D eigenvalue weighted by atomic mass is 10.2. The van der Waals surface area contributed by atoms with Crippen molar-refractivity contribution in [3.8, 4) is 5.75 Å². The van der Waals surface area contributed by atoms with Gasteiger partial charge >= 0.3 is 0 Å². The zero-order valence-electron chi connectivity index (χ0n) is 16.0. The van der Waals surface area contributed by atoms with E-state index >= 15 is 0 Å². The molecule has 0 aliphatic heterocycles. The third kappa shape index (κ3) is 5.41. The molecule has 0 saturated carbocycles. The van der Waals surface area contributed by atoms with Crippen LogP contribution in [0.2, 0.25) is 0 Å². The predicted molar refractivity (Wildman–Crippen MR) is 108 cm³/mol. The number of ether oxygens (including phenoxy) is 1. The van der Waals surface area contributed by atoms with Crippen LogP contribution in [0.5, 0.6) is 5.75 Å². The molecular weight excluding hydrogens is 338 g/mol. The molecule has 0 radical (unpaired) electrons. The Morgan fingerprint density at radius 2 is 1.74 bits per heavy atom. The van der Waals surface area contributed by atoms with Crippen LogP contribution in [-0.2, 0) is 13.0 Å². The monoisotopic (exact) mass is 363 g/mol. The Morgan fingerprint density at radius 3 is 2.44 bits per heavy atom. The molecule has 1 aromatic carbocycles. The minimum atomic E-state index is 0.636. The Balaban J connectivity index is 1.62. The Bertz CT molecular complexity index is 852. The van der Waals surface area contributed by atoms with Crippen LogP contribution in [0, 0.1) is 6.92 Å². The summed E-state index contributed by atoms with van der Waals surface area (Å²) >= 11 is 0. The number of pyridine rings is 1. The van der Waals surface area contributed by atoms with Crippen LogP contribution < -0.4 is 15.0 Å². The van der Waals surface area contributed by atoms with Crippen LogP contribution in [0.15, 0.2) is 54.9 Å². The molecule has 0 amide bonds. The van der Waals surface area contributed by atoms with Crippen LogP contribution in [-0.4, -0.2) is 35.7 Å². The number of hydrogen-bond donors (Lipinski definition) is 1. The normalized spacial score (nSPS) is 10.5. The van der Waals surface area contributed by atoms with Crippen molar-refractivity contribution in [2.24, 2.45) is 0 Å². The van der Waals surface area contributed by atoms with Gasteiger partial charge in [0.2, 0.25) is 5.95 Å². The Morgan fingerprint density at radius 1 is 1.00 bits per heavy atom. The van der Waals surface area contributed by atoms with Gasteiger partial charge in [-0.3, -0.25) is 4.98 Å². The van der Waals surface area contributed by atoms with Crippen molar-refractivity contribution in [1.29, 1.82) is 0 Å². The summed E-state index contributed by atoms with van der Waals surface area (Å²) in [4.78, 5) is 15.4. The molecule has 3 rings (SSSR count). The zero-order chi connectivity index (χ0) is 19.1. The quantitative estimate of drug-likeness (QED) is 0.661. The van der Waals surface area contributed by atoms with Gasteiger partial charge in [-0.1, -0.05) is 12.1 Å². The van der Waals surface area contributed by atoms with Gasteiger partial charge in [0.25, 0.3) is 0 Å². The molecule has 140 valence electrons. The van der Waals surface area contributed by atoms with E-state index in [0.717, 1.165) is 35.8 Å². The molecule has 0 atom stereocenters. The number of benzene rings is 1. The van der Waals surface area contributed by atoms with Gasteiger partial charge in [0.15, 0.2) is 0 Å². The summed E-state index contributed by atoms with van der Waals surface area (Å²) in [5.74, 6) is 2.40. The van der Waals surface area contributed by atoms with Crippen molar-refractivity contribution < 1.29 is 4.74 Å². The van der Waals surface area contributed by atoms with Crippen molar-refractivity contribution in [2.45, 2.75) is 19.9 Å². The molecule has 27 heavy (non-hydrogen) atoms. The van der Waals surface area contributed by atoms with Gasteiger partial charge in [-0.15, -0.1) is 0 Å². The number of hydrogen-bond acceptors (Lipinski definition) is 6. The third-order valence-electron chi connectivity index (χ3n) is 4.33. The molecule has 3 aromatic rings. The minimum Gasteiger partial charge on any atom is -0.497 e. The maximum Gasteiger partial charge on any atom is 0.225 e. The highest BCUT2D eigenvalue weighted by atomic mass is 16.5. The van der Waals surface area contributed by atoms with Gasteiger partial charge in [0.1, 0.15) is 11.6 Å². The molecule has 6 nitrogen and oxygen atoms in total. The lowest BCUT2D eigenvalue weighted by molar-refractivity contribution is 0.414. The average Bonchev–Trinajstić information content (AvgIpc) is 2.71. The summed E-state index contributed by atoms with van der Waals surface area (Å²) in [6, 6.07) is 14.1. The largest absolute Gasteiger partial charge is 0.497 e. The fraction of sp³-hybridized carbons (Fsp3) is 0.286. The molecule has 0 unspecified atom stereocenters. The SMILES string of the molecule is COc1ccc(CNc2nc(C)cc(N(C)CCc3ccncc3)n2)cc1. The van der Waals surface area contributed by atoms with Crippen molar-refractivity contribution >= 4 is 11.8 Å². The van der Waals surface area contributed by atoms with E-state index in [-0.39, 0.29) is 0 Å². The van der Waals surface area contributed by atoms with Crippen molar-refractivity contribution in [2.75, 3.05) is 30.9 Å². The van der Waals surface area contributed by atoms with E-state index in [4.69, 9.17) is 4.74 Å². The number of nitrogens with zero attached hydrogens (tertiary/aromatic N) is 4. The summed E-state index contributed by atoms with van der Waals surface area (Å²) < 4.78 is 5.19. The summed E-state index contributed by atoms with van der Waals surface area (Å²) in [6.07, 6.45) is 4.59. The second-order valence-corrected chi connectivity index (χ2v) is 6.42. The highest BCUT2D eigenvalue weighted by Crippen LogP contribution is 2.16. The number of anilines is 2. The number of nitrogens with one attached hydrogen (secondary N) is 1. The first-order valence-electron chi connectivity index (χ1n) is 8.96. The Hall–Kier alpha value is -3.15. The van der Waals surface area contributed by atoms with E-state index in [1.165, 1.54) is 5.56 Å². The van der Waals surface area contributed by atoms with E-state index in [9.17, 15) is 0 Å². The fourth-order valence-electron chi connectivity index (χ4n) is 2.71. The first kappa shape index (κ1) is 18.6. The van der Waals surface area contributed by atoms with Gasteiger partial charge < -0.3 is 15.0 Å².